The van der Waals surface area contributed by atoms with E-state index in [-0.39, 0.29) is 5.41 Å². The molecule has 0 saturated heterocycles. The van der Waals surface area contributed by atoms with Gasteiger partial charge in [-0.05, 0) is 111 Å². The zero-order valence-corrected chi connectivity index (χ0v) is 31.1. The molecule has 0 spiro atoms. The van der Waals surface area contributed by atoms with Crippen molar-refractivity contribution in [1.29, 1.82) is 0 Å². The van der Waals surface area contributed by atoms with Crippen LogP contribution in [0.5, 0.6) is 0 Å². The lowest BCUT2D eigenvalue weighted by Gasteiger charge is -2.42. The van der Waals surface area contributed by atoms with Gasteiger partial charge < -0.3 is 9.80 Å². The van der Waals surface area contributed by atoms with Crippen LogP contribution >= 0.6 is 11.8 Å². The molecule has 0 unspecified atom stereocenters. The molecular formula is C51H38N2S. The minimum absolute atomic E-state index is 0.194. The van der Waals surface area contributed by atoms with E-state index in [0.29, 0.717) is 0 Å². The van der Waals surface area contributed by atoms with Crippen molar-refractivity contribution in [2.24, 2.45) is 0 Å². The van der Waals surface area contributed by atoms with Crippen molar-refractivity contribution in [3.63, 3.8) is 0 Å². The topological polar surface area (TPSA) is 6.48 Å². The Morgan fingerprint density at radius 3 is 1.59 bits per heavy atom. The Kier molecular flexibility index (Phi) is 7.78. The first-order chi connectivity index (χ1) is 26.5. The smallest absolute Gasteiger partial charge is 0.0602 e. The predicted molar refractivity (Wildman–Crippen MR) is 228 cm³/mol. The van der Waals surface area contributed by atoms with Crippen LogP contribution in [-0.2, 0) is 5.41 Å². The molecule has 2 aliphatic rings. The molecule has 0 aliphatic carbocycles. The summed E-state index contributed by atoms with van der Waals surface area (Å²) < 4.78 is 0. The average Bonchev–Trinajstić information content (AvgIpc) is 3.23. The molecule has 0 saturated carbocycles. The quantitative estimate of drug-likeness (QED) is 0.176. The van der Waals surface area contributed by atoms with E-state index >= 15 is 0 Å². The zero-order chi connectivity index (χ0) is 36.2. The fraction of sp³-hybridized carbons (Fsp3) is 0.0588. The van der Waals surface area contributed by atoms with Gasteiger partial charge in [0.1, 0.15) is 0 Å². The molecule has 0 fully saturated rings. The monoisotopic (exact) mass is 710 g/mol. The first-order valence-corrected chi connectivity index (χ1v) is 19.4. The van der Waals surface area contributed by atoms with E-state index in [1.807, 2.05) is 11.8 Å². The lowest BCUT2D eigenvalue weighted by Crippen LogP contribution is -2.30. The van der Waals surface area contributed by atoms with Crippen LogP contribution in [0.25, 0.3) is 33.4 Å². The Morgan fingerprint density at radius 2 is 0.833 bits per heavy atom. The van der Waals surface area contributed by atoms with Gasteiger partial charge in [0.05, 0.1) is 22.7 Å². The lowest BCUT2D eigenvalue weighted by molar-refractivity contribution is 0.632. The fourth-order valence-electron chi connectivity index (χ4n) is 8.26. The highest BCUT2D eigenvalue weighted by molar-refractivity contribution is 7.99. The van der Waals surface area contributed by atoms with E-state index in [2.05, 4.69) is 218 Å². The molecule has 0 amide bonds. The minimum atomic E-state index is -0.194. The van der Waals surface area contributed by atoms with Crippen molar-refractivity contribution in [3.05, 3.63) is 205 Å². The maximum atomic E-state index is 2.45. The Hall–Kier alpha value is -6.29. The van der Waals surface area contributed by atoms with E-state index in [0.717, 1.165) is 11.4 Å². The van der Waals surface area contributed by atoms with Gasteiger partial charge in [0, 0.05) is 26.6 Å². The lowest BCUT2D eigenvalue weighted by atomic mass is 9.73. The minimum Gasteiger partial charge on any atom is -0.310 e. The fourth-order valence-corrected chi connectivity index (χ4v) is 9.36. The largest absolute Gasteiger partial charge is 0.310 e. The summed E-state index contributed by atoms with van der Waals surface area (Å²) in [5, 5.41) is 0. The third kappa shape index (κ3) is 5.43. The Balaban J connectivity index is 1.06. The van der Waals surface area contributed by atoms with Gasteiger partial charge in [-0.1, -0.05) is 153 Å². The van der Waals surface area contributed by atoms with Crippen molar-refractivity contribution in [2.45, 2.75) is 29.1 Å². The molecule has 10 rings (SSSR count). The molecule has 54 heavy (non-hydrogen) atoms. The number of fused-ring (bicyclic) bond motifs is 4. The first-order valence-electron chi connectivity index (χ1n) is 18.6. The van der Waals surface area contributed by atoms with E-state index < -0.39 is 0 Å². The van der Waals surface area contributed by atoms with Crippen molar-refractivity contribution >= 4 is 45.9 Å². The van der Waals surface area contributed by atoms with Crippen molar-refractivity contribution in [3.8, 4) is 33.4 Å². The molecule has 8 aromatic carbocycles. The molecule has 8 aromatic rings. The first kappa shape index (κ1) is 32.4. The third-order valence-electron chi connectivity index (χ3n) is 11.0. The second kappa shape index (κ2) is 13.0. The highest BCUT2D eigenvalue weighted by atomic mass is 32.2. The number of benzene rings is 8. The molecular weight excluding hydrogens is 673 g/mol. The highest BCUT2D eigenvalue weighted by Crippen LogP contribution is 2.55. The maximum Gasteiger partial charge on any atom is 0.0602 e. The van der Waals surface area contributed by atoms with Crippen LogP contribution in [0.15, 0.2) is 204 Å². The second-order valence-electron chi connectivity index (χ2n) is 14.6. The summed E-state index contributed by atoms with van der Waals surface area (Å²) in [5.74, 6) is 0. The third-order valence-corrected chi connectivity index (χ3v) is 12.1. The van der Waals surface area contributed by atoms with Gasteiger partial charge >= 0.3 is 0 Å². The van der Waals surface area contributed by atoms with E-state index in [1.165, 1.54) is 77.0 Å². The highest BCUT2D eigenvalue weighted by Gasteiger charge is 2.37. The molecule has 0 aromatic heterocycles. The number of para-hydroxylation sites is 2. The van der Waals surface area contributed by atoms with Gasteiger partial charge in [-0.15, -0.1) is 0 Å². The molecule has 0 atom stereocenters. The summed E-state index contributed by atoms with van der Waals surface area (Å²) in [5.41, 5.74) is 16.9. The van der Waals surface area contributed by atoms with Gasteiger partial charge in [-0.2, -0.15) is 0 Å². The van der Waals surface area contributed by atoms with Crippen molar-refractivity contribution in [1.82, 2.24) is 0 Å². The maximum absolute atomic E-state index is 2.45. The molecule has 0 radical (unpaired) electrons. The van der Waals surface area contributed by atoms with Gasteiger partial charge in [-0.25, -0.2) is 0 Å². The van der Waals surface area contributed by atoms with Crippen LogP contribution in [0.2, 0.25) is 0 Å². The Bertz CT molecular complexity index is 2660. The van der Waals surface area contributed by atoms with Gasteiger partial charge in [0.25, 0.3) is 0 Å². The molecule has 258 valence electrons. The number of hydrogen-bond acceptors (Lipinski definition) is 3. The Labute approximate surface area is 322 Å². The number of anilines is 6. The number of hydrogen-bond donors (Lipinski definition) is 0. The summed E-state index contributed by atoms with van der Waals surface area (Å²) in [4.78, 5) is 7.37. The molecule has 2 aliphatic heterocycles. The van der Waals surface area contributed by atoms with E-state index in [1.54, 1.807) is 0 Å². The van der Waals surface area contributed by atoms with Crippen LogP contribution < -0.4 is 9.80 Å². The normalized spacial score (nSPS) is 13.7. The molecule has 3 heteroatoms. The van der Waals surface area contributed by atoms with Crippen LogP contribution in [0.1, 0.15) is 25.0 Å². The van der Waals surface area contributed by atoms with E-state index in [4.69, 9.17) is 0 Å². The summed E-state index contributed by atoms with van der Waals surface area (Å²) in [7, 11) is 0. The standard InChI is InChI=1S/C51H38N2S/c1-51(2)43-20-9-10-21-45(43)53(42-19-13-18-38(32-42)36-16-7-4-8-17-36)46-30-26-39(33-44(46)51)40-27-31-48-50(34-40)54-49-23-12-11-22-47(49)52(48)41-28-24-37(25-29-41)35-14-5-3-6-15-35/h3-34H,1-2H3. The van der Waals surface area contributed by atoms with Gasteiger partial charge in [0.15, 0.2) is 0 Å². The molecule has 2 nitrogen and oxygen atoms in total. The van der Waals surface area contributed by atoms with Crippen LogP contribution in [0.3, 0.4) is 0 Å². The predicted octanol–water partition coefficient (Wildman–Crippen LogP) is 14.7. The summed E-state index contributed by atoms with van der Waals surface area (Å²) in [6.07, 6.45) is 0. The SMILES string of the molecule is CC1(C)c2ccccc2N(c2cccc(-c3ccccc3)c2)c2ccc(-c3ccc4c(c3)Sc3ccccc3N4c3ccc(-c4ccccc4)cc3)cc21. The number of rotatable bonds is 5. The summed E-state index contributed by atoms with van der Waals surface area (Å²) in [6, 6.07) is 70.9. The molecule has 0 bridgehead atoms. The van der Waals surface area contributed by atoms with Crippen LogP contribution in [0.4, 0.5) is 34.1 Å². The van der Waals surface area contributed by atoms with Gasteiger partial charge in [0.2, 0.25) is 0 Å². The van der Waals surface area contributed by atoms with Crippen molar-refractivity contribution in [2.75, 3.05) is 9.80 Å². The molecule has 2 heterocycles. The number of nitrogens with zero attached hydrogens (tertiary/aromatic N) is 2. The summed E-state index contributed by atoms with van der Waals surface area (Å²) in [6.45, 7) is 4.74. The average molecular weight is 711 g/mol. The molecule has 0 N–H and O–H groups in total. The van der Waals surface area contributed by atoms with E-state index in [9.17, 15) is 0 Å². The summed E-state index contributed by atoms with van der Waals surface area (Å²) >= 11 is 1.86. The van der Waals surface area contributed by atoms with Crippen molar-refractivity contribution < 1.29 is 0 Å². The second-order valence-corrected chi connectivity index (χ2v) is 15.7. The van der Waals surface area contributed by atoms with Crippen LogP contribution in [-0.4, -0.2) is 0 Å². The Morgan fingerprint density at radius 1 is 0.333 bits per heavy atom. The zero-order valence-electron chi connectivity index (χ0n) is 30.3. The van der Waals surface area contributed by atoms with Gasteiger partial charge in [-0.3, -0.25) is 0 Å². The van der Waals surface area contributed by atoms with Crippen LogP contribution in [0, 0.1) is 0 Å².